The lowest BCUT2D eigenvalue weighted by molar-refractivity contribution is -0.123. The summed E-state index contributed by atoms with van der Waals surface area (Å²) in [4.78, 5) is 11.3. The van der Waals surface area contributed by atoms with E-state index >= 15 is 0 Å². The zero-order valence-corrected chi connectivity index (χ0v) is 8.26. The van der Waals surface area contributed by atoms with E-state index in [-0.39, 0.29) is 17.9 Å². The van der Waals surface area contributed by atoms with E-state index in [1.54, 1.807) is 0 Å². The number of rotatable bonds is 5. The molecular weight excluding hydrogens is 152 g/mol. The lowest BCUT2D eigenvalue weighted by Gasteiger charge is -2.17. The molecule has 2 atom stereocenters. The van der Waals surface area contributed by atoms with Crippen LogP contribution in [0.2, 0.25) is 0 Å². The van der Waals surface area contributed by atoms with Gasteiger partial charge in [-0.05, 0) is 12.3 Å². The Morgan fingerprint density at radius 1 is 1.50 bits per heavy atom. The molecule has 1 amide bonds. The number of nitrogens with one attached hydrogen (secondary N) is 1. The third-order valence-corrected chi connectivity index (χ3v) is 2.11. The molecular formula is C9H20N2O. The van der Waals surface area contributed by atoms with Crippen LogP contribution in [0.5, 0.6) is 0 Å². The molecule has 0 fully saturated rings. The third-order valence-electron chi connectivity index (χ3n) is 2.11. The molecule has 0 spiro atoms. The van der Waals surface area contributed by atoms with Gasteiger partial charge in [0, 0.05) is 6.54 Å². The zero-order chi connectivity index (χ0) is 9.56. The monoisotopic (exact) mass is 172 g/mol. The van der Waals surface area contributed by atoms with Crippen LogP contribution in [0.1, 0.15) is 33.6 Å². The first kappa shape index (κ1) is 11.4. The van der Waals surface area contributed by atoms with Crippen molar-refractivity contribution in [3.8, 4) is 0 Å². The van der Waals surface area contributed by atoms with Gasteiger partial charge in [0.1, 0.15) is 0 Å². The van der Waals surface area contributed by atoms with E-state index in [1.165, 1.54) is 0 Å². The first-order chi connectivity index (χ1) is 5.63. The van der Waals surface area contributed by atoms with Crippen LogP contribution < -0.4 is 11.1 Å². The van der Waals surface area contributed by atoms with Gasteiger partial charge in [-0.25, -0.2) is 0 Å². The number of hydrogen-bond donors (Lipinski definition) is 2. The molecule has 0 aromatic rings. The maximum Gasteiger partial charge on any atom is 0.237 e. The van der Waals surface area contributed by atoms with Gasteiger partial charge in [-0.2, -0.15) is 0 Å². The van der Waals surface area contributed by atoms with Crippen molar-refractivity contribution in [1.29, 1.82) is 0 Å². The SMILES string of the molecule is CCCNC(=O)[C@@H](N)C(C)CC. The summed E-state index contributed by atoms with van der Waals surface area (Å²) in [6.45, 7) is 6.78. The second kappa shape index (κ2) is 6.00. The van der Waals surface area contributed by atoms with Crippen molar-refractivity contribution in [2.75, 3.05) is 6.54 Å². The van der Waals surface area contributed by atoms with Gasteiger partial charge in [0.2, 0.25) is 5.91 Å². The van der Waals surface area contributed by atoms with Crippen LogP contribution >= 0.6 is 0 Å². The van der Waals surface area contributed by atoms with Crippen molar-refractivity contribution >= 4 is 5.91 Å². The molecule has 1 unspecified atom stereocenters. The summed E-state index contributed by atoms with van der Waals surface area (Å²) in [5, 5.41) is 2.78. The van der Waals surface area contributed by atoms with Crippen LogP contribution in [0.25, 0.3) is 0 Å². The van der Waals surface area contributed by atoms with Gasteiger partial charge in [-0.15, -0.1) is 0 Å². The van der Waals surface area contributed by atoms with E-state index in [9.17, 15) is 4.79 Å². The molecule has 0 heterocycles. The second-order valence-electron chi connectivity index (χ2n) is 3.20. The molecule has 0 aromatic carbocycles. The minimum atomic E-state index is -0.346. The molecule has 12 heavy (non-hydrogen) atoms. The fourth-order valence-electron chi connectivity index (χ4n) is 0.878. The molecule has 0 saturated carbocycles. The number of nitrogens with two attached hydrogens (primary N) is 1. The van der Waals surface area contributed by atoms with Gasteiger partial charge in [0.15, 0.2) is 0 Å². The highest BCUT2D eigenvalue weighted by molar-refractivity contribution is 5.81. The van der Waals surface area contributed by atoms with E-state index in [0.717, 1.165) is 19.4 Å². The summed E-state index contributed by atoms with van der Waals surface area (Å²) in [5.41, 5.74) is 5.70. The molecule has 0 aliphatic rings. The summed E-state index contributed by atoms with van der Waals surface area (Å²) < 4.78 is 0. The number of hydrogen-bond acceptors (Lipinski definition) is 2. The lowest BCUT2D eigenvalue weighted by atomic mass is 9.99. The lowest BCUT2D eigenvalue weighted by Crippen LogP contribution is -2.44. The van der Waals surface area contributed by atoms with Crippen molar-refractivity contribution in [1.82, 2.24) is 5.32 Å². The Morgan fingerprint density at radius 2 is 2.08 bits per heavy atom. The standard InChI is InChI=1S/C9H20N2O/c1-4-6-11-9(12)8(10)7(3)5-2/h7-8H,4-6,10H2,1-3H3,(H,11,12)/t7?,8-/m0/s1. The Bertz CT molecular complexity index is 136. The predicted octanol–water partition coefficient (Wildman–Crippen LogP) is 0.886. The second-order valence-corrected chi connectivity index (χ2v) is 3.20. The highest BCUT2D eigenvalue weighted by atomic mass is 16.2. The van der Waals surface area contributed by atoms with Gasteiger partial charge in [0.25, 0.3) is 0 Å². The first-order valence-corrected chi connectivity index (χ1v) is 4.66. The smallest absolute Gasteiger partial charge is 0.237 e. The van der Waals surface area contributed by atoms with Crippen molar-refractivity contribution in [2.45, 2.75) is 39.7 Å². The molecule has 0 saturated heterocycles. The number of amides is 1. The molecule has 0 aliphatic heterocycles. The van der Waals surface area contributed by atoms with Gasteiger partial charge in [-0.3, -0.25) is 4.79 Å². The maximum atomic E-state index is 11.3. The molecule has 3 N–H and O–H groups in total. The largest absolute Gasteiger partial charge is 0.355 e. The van der Waals surface area contributed by atoms with Gasteiger partial charge in [-0.1, -0.05) is 27.2 Å². The Labute approximate surface area is 74.7 Å². The summed E-state index contributed by atoms with van der Waals surface area (Å²) >= 11 is 0. The van der Waals surface area contributed by atoms with Crippen LogP contribution in [0.15, 0.2) is 0 Å². The average molecular weight is 172 g/mol. The average Bonchev–Trinajstić information content (AvgIpc) is 2.11. The quantitative estimate of drug-likeness (QED) is 0.647. The Hall–Kier alpha value is -0.570. The Balaban J connectivity index is 3.75. The molecule has 3 heteroatoms. The van der Waals surface area contributed by atoms with E-state index in [1.807, 2.05) is 20.8 Å². The van der Waals surface area contributed by atoms with Gasteiger partial charge < -0.3 is 11.1 Å². The van der Waals surface area contributed by atoms with Crippen molar-refractivity contribution in [3.05, 3.63) is 0 Å². The van der Waals surface area contributed by atoms with E-state index < -0.39 is 0 Å². The van der Waals surface area contributed by atoms with Crippen molar-refractivity contribution in [2.24, 2.45) is 11.7 Å². The topological polar surface area (TPSA) is 55.1 Å². The molecule has 3 nitrogen and oxygen atoms in total. The molecule has 0 aromatic heterocycles. The summed E-state index contributed by atoms with van der Waals surface area (Å²) in [5.74, 6) is 0.244. The fraction of sp³-hybridized carbons (Fsp3) is 0.889. The number of carbonyl (C=O) groups excluding carboxylic acids is 1. The molecule has 0 aliphatic carbocycles. The molecule has 0 radical (unpaired) electrons. The van der Waals surface area contributed by atoms with Crippen LogP contribution in [-0.4, -0.2) is 18.5 Å². The minimum absolute atomic E-state index is 0.0220. The van der Waals surface area contributed by atoms with E-state index in [2.05, 4.69) is 5.32 Å². The maximum absolute atomic E-state index is 11.3. The normalized spacial score (nSPS) is 15.3. The highest BCUT2D eigenvalue weighted by Crippen LogP contribution is 2.04. The van der Waals surface area contributed by atoms with Gasteiger partial charge >= 0.3 is 0 Å². The fourth-order valence-corrected chi connectivity index (χ4v) is 0.878. The summed E-state index contributed by atoms with van der Waals surface area (Å²) in [7, 11) is 0. The predicted molar refractivity (Wildman–Crippen MR) is 50.7 cm³/mol. The van der Waals surface area contributed by atoms with Crippen LogP contribution in [0.3, 0.4) is 0 Å². The van der Waals surface area contributed by atoms with Crippen molar-refractivity contribution in [3.63, 3.8) is 0 Å². The van der Waals surface area contributed by atoms with E-state index in [4.69, 9.17) is 5.73 Å². The first-order valence-electron chi connectivity index (χ1n) is 4.66. The minimum Gasteiger partial charge on any atom is -0.355 e. The summed E-state index contributed by atoms with van der Waals surface area (Å²) in [6, 6.07) is -0.346. The summed E-state index contributed by atoms with van der Waals surface area (Å²) in [6.07, 6.45) is 1.90. The van der Waals surface area contributed by atoms with Crippen LogP contribution in [-0.2, 0) is 4.79 Å². The molecule has 72 valence electrons. The Morgan fingerprint density at radius 3 is 2.50 bits per heavy atom. The third kappa shape index (κ3) is 3.72. The van der Waals surface area contributed by atoms with E-state index in [0.29, 0.717) is 0 Å². The van der Waals surface area contributed by atoms with Gasteiger partial charge in [0.05, 0.1) is 6.04 Å². The van der Waals surface area contributed by atoms with Crippen LogP contribution in [0.4, 0.5) is 0 Å². The zero-order valence-electron chi connectivity index (χ0n) is 8.26. The highest BCUT2D eigenvalue weighted by Gasteiger charge is 2.18. The molecule has 0 rings (SSSR count). The van der Waals surface area contributed by atoms with Crippen molar-refractivity contribution < 1.29 is 4.79 Å². The van der Waals surface area contributed by atoms with Crippen LogP contribution in [0, 0.1) is 5.92 Å². The number of carbonyl (C=O) groups is 1. The molecule has 0 bridgehead atoms. The Kier molecular flexibility index (Phi) is 5.72.